The molecule has 108 valence electrons. The number of hydrogen-bond donors (Lipinski definition) is 0. The van der Waals surface area contributed by atoms with Gasteiger partial charge in [-0.05, 0) is 6.92 Å². The predicted molar refractivity (Wildman–Crippen MR) is 81.8 cm³/mol. The van der Waals surface area contributed by atoms with Crippen molar-refractivity contribution < 1.29 is 4.74 Å². The van der Waals surface area contributed by atoms with Crippen LogP contribution in [-0.2, 0) is 11.8 Å². The van der Waals surface area contributed by atoms with Crippen LogP contribution in [0.4, 0.5) is 0 Å². The predicted octanol–water partition coefficient (Wildman–Crippen LogP) is 3.81. The van der Waals surface area contributed by atoms with Gasteiger partial charge in [0, 0.05) is 22.8 Å². The topological polar surface area (TPSA) is 47.9 Å². The van der Waals surface area contributed by atoms with Gasteiger partial charge in [0.1, 0.15) is 11.0 Å². The standard InChI is InChI=1S/C14H18ClN3OS/c1-9-10(20-8-16-9)5-6-19-12-7-11(15)17-13(18-12)14(2,3)4/h7-8H,5-6H2,1-4H3. The van der Waals surface area contributed by atoms with Crippen LogP contribution < -0.4 is 4.74 Å². The molecule has 4 nitrogen and oxygen atoms in total. The van der Waals surface area contributed by atoms with Gasteiger partial charge in [-0.2, -0.15) is 4.98 Å². The summed E-state index contributed by atoms with van der Waals surface area (Å²) in [6, 6.07) is 1.65. The van der Waals surface area contributed by atoms with Crippen molar-refractivity contribution in [2.45, 2.75) is 39.5 Å². The summed E-state index contributed by atoms with van der Waals surface area (Å²) in [5, 5.41) is 0.411. The average Bonchev–Trinajstić information content (AvgIpc) is 2.73. The van der Waals surface area contributed by atoms with Crippen LogP contribution in [-0.4, -0.2) is 21.6 Å². The number of rotatable bonds is 4. The summed E-state index contributed by atoms with van der Waals surface area (Å²) < 4.78 is 5.69. The van der Waals surface area contributed by atoms with Crippen LogP contribution in [0.2, 0.25) is 5.15 Å². The van der Waals surface area contributed by atoms with Crippen molar-refractivity contribution >= 4 is 22.9 Å². The maximum Gasteiger partial charge on any atom is 0.218 e. The van der Waals surface area contributed by atoms with E-state index in [1.807, 2.05) is 33.2 Å². The molecule has 0 bridgehead atoms. The molecule has 0 aliphatic carbocycles. The summed E-state index contributed by atoms with van der Waals surface area (Å²) in [5.41, 5.74) is 2.76. The molecule has 20 heavy (non-hydrogen) atoms. The highest BCUT2D eigenvalue weighted by atomic mass is 35.5. The molecule has 0 fully saturated rings. The first-order valence-corrected chi connectivity index (χ1v) is 7.69. The van der Waals surface area contributed by atoms with E-state index in [1.165, 1.54) is 4.88 Å². The number of hydrogen-bond acceptors (Lipinski definition) is 5. The molecule has 0 radical (unpaired) electrons. The van der Waals surface area contributed by atoms with Crippen molar-refractivity contribution in [1.82, 2.24) is 15.0 Å². The Morgan fingerprint density at radius 2 is 2.05 bits per heavy atom. The maximum atomic E-state index is 6.02. The first kappa shape index (κ1) is 15.2. The minimum Gasteiger partial charge on any atom is -0.477 e. The first-order chi connectivity index (χ1) is 9.36. The first-order valence-electron chi connectivity index (χ1n) is 6.43. The van der Waals surface area contributed by atoms with E-state index in [9.17, 15) is 0 Å². The van der Waals surface area contributed by atoms with Crippen LogP contribution in [0, 0.1) is 6.92 Å². The van der Waals surface area contributed by atoms with Crippen LogP contribution in [0.15, 0.2) is 11.6 Å². The van der Waals surface area contributed by atoms with Gasteiger partial charge in [-0.15, -0.1) is 11.3 Å². The van der Waals surface area contributed by atoms with E-state index in [1.54, 1.807) is 17.4 Å². The summed E-state index contributed by atoms with van der Waals surface area (Å²) in [5.74, 6) is 1.21. The summed E-state index contributed by atoms with van der Waals surface area (Å²) in [7, 11) is 0. The molecular weight excluding hydrogens is 294 g/mol. The van der Waals surface area contributed by atoms with E-state index < -0.39 is 0 Å². The molecule has 0 N–H and O–H groups in total. The van der Waals surface area contributed by atoms with Crippen LogP contribution in [0.25, 0.3) is 0 Å². The zero-order valence-electron chi connectivity index (χ0n) is 12.1. The summed E-state index contributed by atoms with van der Waals surface area (Å²) >= 11 is 7.67. The second kappa shape index (κ2) is 6.06. The van der Waals surface area contributed by atoms with Crippen molar-refractivity contribution in [3.63, 3.8) is 0 Å². The number of aryl methyl sites for hydroxylation is 1. The van der Waals surface area contributed by atoms with Crippen LogP contribution in [0.3, 0.4) is 0 Å². The van der Waals surface area contributed by atoms with Crippen molar-refractivity contribution in [2.75, 3.05) is 6.61 Å². The van der Waals surface area contributed by atoms with Crippen molar-refractivity contribution in [3.8, 4) is 5.88 Å². The van der Waals surface area contributed by atoms with Crippen LogP contribution in [0.5, 0.6) is 5.88 Å². The molecule has 0 amide bonds. The Morgan fingerprint density at radius 3 is 2.65 bits per heavy atom. The highest BCUT2D eigenvalue weighted by Gasteiger charge is 2.19. The normalized spacial score (nSPS) is 11.7. The lowest BCUT2D eigenvalue weighted by Gasteiger charge is -2.17. The molecule has 0 aromatic carbocycles. The molecule has 0 atom stereocenters. The molecule has 2 rings (SSSR count). The Bertz CT molecular complexity index is 592. The largest absolute Gasteiger partial charge is 0.477 e. The second-order valence-electron chi connectivity index (χ2n) is 5.56. The molecule has 0 spiro atoms. The monoisotopic (exact) mass is 311 g/mol. The highest BCUT2D eigenvalue weighted by molar-refractivity contribution is 7.09. The van der Waals surface area contributed by atoms with E-state index in [0.29, 0.717) is 23.5 Å². The molecule has 0 aliphatic heterocycles. The van der Waals surface area contributed by atoms with Crippen LogP contribution in [0.1, 0.15) is 37.2 Å². The third kappa shape index (κ3) is 3.90. The highest BCUT2D eigenvalue weighted by Crippen LogP contribution is 2.23. The van der Waals surface area contributed by atoms with E-state index in [-0.39, 0.29) is 5.41 Å². The quantitative estimate of drug-likeness (QED) is 0.805. The zero-order valence-corrected chi connectivity index (χ0v) is 13.7. The molecule has 2 aromatic heterocycles. The van der Waals surface area contributed by atoms with Crippen molar-refractivity contribution in [1.29, 1.82) is 0 Å². The molecule has 0 saturated carbocycles. The minimum atomic E-state index is -0.155. The summed E-state index contributed by atoms with van der Waals surface area (Å²) in [6.07, 6.45) is 0.822. The van der Waals surface area contributed by atoms with Crippen molar-refractivity contribution in [3.05, 3.63) is 33.1 Å². The van der Waals surface area contributed by atoms with Crippen LogP contribution >= 0.6 is 22.9 Å². The van der Waals surface area contributed by atoms with Gasteiger partial charge in [0.15, 0.2) is 0 Å². The zero-order chi connectivity index (χ0) is 14.8. The lowest BCUT2D eigenvalue weighted by atomic mass is 9.96. The van der Waals surface area contributed by atoms with Gasteiger partial charge in [-0.25, -0.2) is 9.97 Å². The molecule has 6 heteroatoms. The van der Waals surface area contributed by atoms with E-state index in [0.717, 1.165) is 12.1 Å². The van der Waals surface area contributed by atoms with E-state index >= 15 is 0 Å². The fourth-order valence-electron chi connectivity index (χ4n) is 1.62. The van der Waals surface area contributed by atoms with E-state index in [2.05, 4.69) is 15.0 Å². The Balaban J connectivity index is 2.03. The summed E-state index contributed by atoms with van der Waals surface area (Å²) in [4.78, 5) is 14.1. The molecule has 2 aromatic rings. The number of aromatic nitrogens is 3. The Labute approximate surface area is 128 Å². The lowest BCUT2D eigenvalue weighted by molar-refractivity contribution is 0.306. The van der Waals surface area contributed by atoms with Gasteiger partial charge in [-0.1, -0.05) is 32.4 Å². The smallest absolute Gasteiger partial charge is 0.218 e. The van der Waals surface area contributed by atoms with Crippen molar-refractivity contribution in [2.24, 2.45) is 0 Å². The molecule has 0 saturated heterocycles. The molecular formula is C14H18ClN3OS. The Kier molecular flexibility index (Phi) is 4.60. The Hall–Kier alpha value is -1.20. The van der Waals surface area contributed by atoms with Gasteiger partial charge >= 0.3 is 0 Å². The van der Waals surface area contributed by atoms with Gasteiger partial charge in [-0.3, -0.25) is 0 Å². The average molecular weight is 312 g/mol. The van der Waals surface area contributed by atoms with Gasteiger partial charge in [0.2, 0.25) is 5.88 Å². The van der Waals surface area contributed by atoms with Gasteiger partial charge < -0.3 is 4.74 Å². The second-order valence-corrected chi connectivity index (χ2v) is 6.89. The number of thiazole rings is 1. The minimum absolute atomic E-state index is 0.155. The number of halogens is 1. The fourth-order valence-corrected chi connectivity index (χ4v) is 2.56. The lowest BCUT2D eigenvalue weighted by Crippen LogP contribution is -2.17. The Morgan fingerprint density at radius 1 is 1.30 bits per heavy atom. The SMILES string of the molecule is Cc1ncsc1CCOc1cc(Cl)nc(C(C)(C)C)n1. The summed E-state index contributed by atoms with van der Waals surface area (Å²) in [6.45, 7) is 8.69. The number of nitrogens with zero attached hydrogens (tertiary/aromatic N) is 3. The maximum absolute atomic E-state index is 6.02. The fraction of sp³-hybridized carbons (Fsp3) is 0.500. The molecule has 2 heterocycles. The van der Waals surface area contributed by atoms with Gasteiger partial charge in [0.05, 0.1) is 17.8 Å². The van der Waals surface area contributed by atoms with E-state index in [4.69, 9.17) is 16.3 Å². The third-order valence-electron chi connectivity index (χ3n) is 2.77. The third-order valence-corrected chi connectivity index (χ3v) is 3.95. The molecule has 0 unspecified atom stereocenters. The van der Waals surface area contributed by atoms with Gasteiger partial charge in [0.25, 0.3) is 0 Å². The molecule has 0 aliphatic rings. The number of ether oxygens (including phenoxy) is 1.